The van der Waals surface area contributed by atoms with Crippen molar-refractivity contribution in [1.82, 2.24) is 5.32 Å². The van der Waals surface area contributed by atoms with E-state index in [1.165, 1.54) is 0 Å². The van der Waals surface area contributed by atoms with Gasteiger partial charge in [-0.05, 0) is 61.9 Å². The average Bonchev–Trinajstić information content (AvgIpc) is 2.87. The van der Waals surface area contributed by atoms with Gasteiger partial charge in [-0.2, -0.15) is 0 Å². The van der Waals surface area contributed by atoms with Crippen molar-refractivity contribution in [2.45, 2.75) is 51.7 Å². The van der Waals surface area contributed by atoms with E-state index in [0.29, 0.717) is 49.5 Å². The quantitative estimate of drug-likeness (QED) is 0.426. The summed E-state index contributed by atoms with van der Waals surface area (Å²) < 4.78 is 11.6. The van der Waals surface area contributed by atoms with Crippen LogP contribution in [0.25, 0.3) is 0 Å². The number of ether oxygens (including phenoxy) is 2. The molecular formula is C30H33NO5. The molecule has 1 heterocycles. The number of amides is 1. The molecule has 1 aliphatic rings. The minimum absolute atomic E-state index is 0.0550. The van der Waals surface area contributed by atoms with Gasteiger partial charge in [-0.25, -0.2) is 0 Å². The van der Waals surface area contributed by atoms with E-state index >= 15 is 0 Å². The van der Waals surface area contributed by atoms with Crippen molar-refractivity contribution >= 4 is 11.9 Å². The third-order valence-corrected chi connectivity index (χ3v) is 6.66. The van der Waals surface area contributed by atoms with E-state index in [2.05, 4.69) is 37.4 Å². The monoisotopic (exact) mass is 487 g/mol. The molecule has 188 valence electrons. The van der Waals surface area contributed by atoms with E-state index in [4.69, 9.17) is 9.47 Å². The zero-order valence-electron chi connectivity index (χ0n) is 20.9. The molecule has 0 aromatic heterocycles. The Balaban J connectivity index is 1.64. The van der Waals surface area contributed by atoms with Crippen LogP contribution in [0.1, 0.15) is 57.4 Å². The van der Waals surface area contributed by atoms with Gasteiger partial charge in [0.05, 0.1) is 5.54 Å². The zero-order valence-corrected chi connectivity index (χ0v) is 20.9. The number of rotatable bonds is 9. The number of aliphatic carboxylic acids is 1. The molecule has 1 saturated heterocycles. The summed E-state index contributed by atoms with van der Waals surface area (Å²) >= 11 is 0. The fourth-order valence-electron chi connectivity index (χ4n) is 4.80. The van der Waals surface area contributed by atoms with Crippen LogP contribution in [0.4, 0.5) is 0 Å². The lowest BCUT2D eigenvalue weighted by molar-refractivity contribution is -0.136. The molecule has 2 N–H and O–H groups in total. The van der Waals surface area contributed by atoms with Crippen molar-refractivity contribution in [3.8, 4) is 5.75 Å². The number of carboxylic acids is 1. The second kappa shape index (κ2) is 11.4. The van der Waals surface area contributed by atoms with Gasteiger partial charge in [-0.1, -0.05) is 65.7 Å². The smallest absolute Gasteiger partial charge is 0.303 e. The lowest BCUT2D eigenvalue weighted by atomic mass is 9.81. The third kappa shape index (κ3) is 6.32. The molecule has 0 aliphatic carbocycles. The van der Waals surface area contributed by atoms with Crippen LogP contribution in [-0.4, -0.2) is 30.2 Å². The van der Waals surface area contributed by atoms with E-state index in [0.717, 1.165) is 22.3 Å². The molecule has 36 heavy (non-hydrogen) atoms. The van der Waals surface area contributed by atoms with Crippen LogP contribution in [0.15, 0.2) is 66.7 Å². The number of carbonyl (C=O) groups excluding carboxylic acids is 1. The van der Waals surface area contributed by atoms with Gasteiger partial charge in [-0.15, -0.1) is 0 Å². The lowest BCUT2D eigenvalue weighted by Crippen LogP contribution is -2.49. The molecule has 0 saturated carbocycles. The molecule has 1 fully saturated rings. The summed E-state index contributed by atoms with van der Waals surface area (Å²) in [7, 11) is 0. The Morgan fingerprint density at radius 1 is 0.972 bits per heavy atom. The Bertz CT molecular complexity index is 1200. The molecule has 0 atom stereocenters. The summed E-state index contributed by atoms with van der Waals surface area (Å²) in [5.74, 6) is -0.570. The molecule has 1 amide bonds. The van der Waals surface area contributed by atoms with Crippen molar-refractivity contribution in [2.24, 2.45) is 0 Å². The van der Waals surface area contributed by atoms with Gasteiger partial charge in [0.15, 0.2) is 0 Å². The van der Waals surface area contributed by atoms with Crippen molar-refractivity contribution in [2.75, 3.05) is 13.2 Å². The maximum Gasteiger partial charge on any atom is 0.303 e. The molecule has 1 aliphatic heterocycles. The molecule has 0 spiro atoms. The number of carbonyl (C=O) groups is 2. The summed E-state index contributed by atoms with van der Waals surface area (Å²) in [5.41, 5.74) is 4.94. The summed E-state index contributed by atoms with van der Waals surface area (Å²) in [6.07, 6.45) is 1.53. The topological polar surface area (TPSA) is 84.9 Å². The highest BCUT2D eigenvalue weighted by Gasteiger charge is 2.37. The molecule has 6 heteroatoms. The highest BCUT2D eigenvalue weighted by molar-refractivity contribution is 5.97. The minimum Gasteiger partial charge on any atom is -0.489 e. The number of benzene rings is 3. The summed E-state index contributed by atoms with van der Waals surface area (Å²) in [5, 5.41) is 12.6. The SMILES string of the molecule is Cc1cc(C)cc(C2(NC(=O)c3cc(OCc4ccccc4)ccc3CCC(=O)O)CCOCC2)c1. The first-order chi connectivity index (χ1) is 17.3. The second-order valence-corrected chi connectivity index (χ2v) is 9.51. The van der Waals surface area contributed by atoms with E-state index < -0.39 is 11.5 Å². The molecule has 0 bridgehead atoms. The Morgan fingerprint density at radius 3 is 2.33 bits per heavy atom. The van der Waals surface area contributed by atoms with Gasteiger partial charge in [-0.3, -0.25) is 9.59 Å². The summed E-state index contributed by atoms with van der Waals surface area (Å²) in [6, 6.07) is 21.5. The van der Waals surface area contributed by atoms with E-state index in [-0.39, 0.29) is 18.7 Å². The van der Waals surface area contributed by atoms with E-state index in [1.807, 2.05) is 30.3 Å². The molecule has 4 rings (SSSR count). The number of carboxylic acid groups (broad SMARTS) is 1. The van der Waals surface area contributed by atoms with Crippen molar-refractivity contribution in [1.29, 1.82) is 0 Å². The molecule has 3 aromatic rings. The first-order valence-corrected chi connectivity index (χ1v) is 12.4. The fourth-order valence-corrected chi connectivity index (χ4v) is 4.80. The van der Waals surface area contributed by atoms with Crippen molar-refractivity contribution in [3.05, 3.63) is 100 Å². The van der Waals surface area contributed by atoms with Gasteiger partial charge < -0.3 is 19.9 Å². The van der Waals surface area contributed by atoms with Crippen LogP contribution in [0, 0.1) is 13.8 Å². The third-order valence-electron chi connectivity index (χ3n) is 6.66. The van der Waals surface area contributed by atoms with Crippen LogP contribution in [0.3, 0.4) is 0 Å². The number of nitrogens with one attached hydrogen (secondary N) is 1. The first-order valence-electron chi connectivity index (χ1n) is 12.4. The second-order valence-electron chi connectivity index (χ2n) is 9.51. The van der Waals surface area contributed by atoms with Crippen molar-refractivity contribution in [3.63, 3.8) is 0 Å². The molecular weight excluding hydrogens is 454 g/mol. The highest BCUT2D eigenvalue weighted by Crippen LogP contribution is 2.34. The average molecular weight is 488 g/mol. The maximum atomic E-state index is 13.8. The first kappa shape index (κ1) is 25.5. The van der Waals surface area contributed by atoms with E-state index in [9.17, 15) is 14.7 Å². The normalized spacial score (nSPS) is 14.7. The van der Waals surface area contributed by atoms with Gasteiger partial charge in [0.2, 0.25) is 0 Å². The standard InChI is InChI=1S/C30H33NO5/c1-21-16-22(2)18-25(17-21)30(12-14-35-15-13-30)31-29(34)27-19-26(10-8-24(27)9-11-28(32)33)36-20-23-6-4-3-5-7-23/h3-8,10,16-19H,9,11-15,20H2,1-2H3,(H,31,34)(H,32,33). The molecule has 3 aromatic carbocycles. The Labute approximate surface area is 212 Å². The Morgan fingerprint density at radius 2 is 1.67 bits per heavy atom. The highest BCUT2D eigenvalue weighted by atomic mass is 16.5. The summed E-state index contributed by atoms with van der Waals surface area (Å²) in [6.45, 7) is 5.60. The molecule has 0 radical (unpaired) electrons. The predicted octanol–water partition coefficient (Wildman–Crippen LogP) is 5.34. The molecule has 6 nitrogen and oxygen atoms in total. The maximum absolute atomic E-state index is 13.8. The van der Waals surface area contributed by atoms with Crippen LogP contribution in [0.2, 0.25) is 0 Å². The van der Waals surface area contributed by atoms with Crippen molar-refractivity contribution < 1.29 is 24.2 Å². The van der Waals surface area contributed by atoms with Crippen LogP contribution in [-0.2, 0) is 28.1 Å². The van der Waals surface area contributed by atoms with Crippen LogP contribution < -0.4 is 10.1 Å². The number of hydrogen-bond acceptors (Lipinski definition) is 4. The Hall–Kier alpha value is -3.64. The fraction of sp³-hybridized carbons (Fsp3) is 0.333. The predicted molar refractivity (Wildman–Crippen MR) is 138 cm³/mol. The Kier molecular flexibility index (Phi) is 8.06. The largest absolute Gasteiger partial charge is 0.489 e. The van der Waals surface area contributed by atoms with Gasteiger partial charge in [0.25, 0.3) is 5.91 Å². The lowest BCUT2D eigenvalue weighted by Gasteiger charge is -2.39. The number of aryl methyl sites for hydroxylation is 3. The van der Waals surface area contributed by atoms with E-state index in [1.54, 1.807) is 18.2 Å². The van der Waals surface area contributed by atoms with Gasteiger partial charge in [0.1, 0.15) is 12.4 Å². The van der Waals surface area contributed by atoms with Crippen LogP contribution in [0.5, 0.6) is 5.75 Å². The minimum atomic E-state index is -0.901. The zero-order chi connectivity index (χ0) is 25.5. The summed E-state index contributed by atoms with van der Waals surface area (Å²) in [4.78, 5) is 25.1. The van der Waals surface area contributed by atoms with Gasteiger partial charge in [0, 0.05) is 25.2 Å². The number of hydrogen-bond donors (Lipinski definition) is 2. The van der Waals surface area contributed by atoms with Gasteiger partial charge >= 0.3 is 5.97 Å². The molecule has 0 unspecified atom stereocenters. The van der Waals surface area contributed by atoms with Crippen LogP contribution >= 0.6 is 0 Å².